The fourth-order valence-corrected chi connectivity index (χ4v) is 1.17. The summed E-state index contributed by atoms with van der Waals surface area (Å²) in [5.74, 6) is 0.363. The first-order valence-corrected chi connectivity index (χ1v) is 3.93. The van der Waals surface area contributed by atoms with Gasteiger partial charge in [0.25, 0.3) is 0 Å². The van der Waals surface area contributed by atoms with Gasteiger partial charge in [-0.1, -0.05) is 5.16 Å². The van der Waals surface area contributed by atoms with Gasteiger partial charge >= 0.3 is 5.63 Å². The van der Waals surface area contributed by atoms with E-state index in [1.807, 2.05) is 0 Å². The molecule has 0 bridgehead atoms. The molecule has 0 atom stereocenters. The van der Waals surface area contributed by atoms with Gasteiger partial charge in [0.2, 0.25) is 0 Å². The van der Waals surface area contributed by atoms with Gasteiger partial charge in [-0.3, -0.25) is 0 Å². The number of hydrogen-bond donors (Lipinski definition) is 1. The fourth-order valence-electron chi connectivity index (χ4n) is 1.17. The van der Waals surface area contributed by atoms with E-state index in [2.05, 4.69) is 5.16 Å². The van der Waals surface area contributed by atoms with E-state index in [4.69, 9.17) is 8.94 Å². The third-order valence-corrected chi connectivity index (χ3v) is 1.74. The molecular weight excluding hydrogens is 186 g/mol. The van der Waals surface area contributed by atoms with E-state index in [9.17, 15) is 9.90 Å². The van der Waals surface area contributed by atoms with Crippen LogP contribution in [-0.2, 0) is 0 Å². The van der Waals surface area contributed by atoms with Gasteiger partial charge in [-0.05, 0) is 6.92 Å². The maximum Gasteiger partial charge on any atom is 0.350 e. The predicted molar refractivity (Wildman–Crippen MR) is 46.9 cm³/mol. The van der Waals surface area contributed by atoms with Crippen molar-refractivity contribution in [3.05, 3.63) is 34.5 Å². The Hall–Kier alpha value is -2.04. The van der Waals surface area contributed by atoms with Gasteiger partial charge < -0.3 is 14.0 Å². The van der Waals surface area contributed by atoms with Crippen molar-refractivity contribution in [2.75, 3.05) is 0 Å². The lowest BCUT2D eigenvalue weighted by Crippen LogP contribution is -2.03. The van der Waals surface area contributed by atoms with Crippen LogP contribution in [0.4, 0.5) is 0 Å². The second-order valence-electron chi connectivity index (χ2n) is 2.78. The molecule has 5 nitrogen and oxygen atoms in total. The third kappa shape index (κ3) is 1.28. The molecule has 2 aromatic rings. The van der Waals surface area contributed by atoms with Crippen molar-refractivity contribution in [1.29, 1.82) is 0 Å². The fraction of sp³-hybridized carbons (Fsp3) is 0.111. The van der Waals surface area contributed by atoms with E-state index >= 15 is 0 Å². The molecule has 0 fully saturated rings. The standard InChI is InChI=1S/C9H7NO4/c1-5-4-6(11)8(9(12)13-5)7-2-3-10-14-7/h2-4,11H,1H3. The quantitative estimate of drug-likeness (QED) is 0.738. The van der Waals surface area contributed by atoms with Crippen LogP contribution in [0.2, 0.25) is 0 Å². The minimum absolute atomic E-state index is 0.00639. The maximum atomic E-state index is 11.3. The van der Waals surface area contributed by atoms with E-state index in [1.54, 1.807) is 6.92 Å². The molecule has 0 radical (unpaired) electrons. The molecule has 72 valence electrons. The van der Waals surface area contributed by atoms with Crippen LogP contribution < -0.4 is 5.63 Å². The zero-order valence-electron chi connectivity index (χ0n) is 7.35. The van der Waals surface area contributed by atoms with Gasteiger partial charge in [0.05, 0.1) is 6.20 Å². The number of hydrogen-bond acceptors (Lipinski definition) is 5. The number of aromatic hydroxyl groups is 1. The highest BCUT2D eigenvalue weighted by atomic mass is 16.5. The molecule has 0 saturated heterocycles. The second-order valence-corrected chi connectivity index (χ2v) is 2.78. The molecule has 0 aliphatic carbocycles. The van der Waals surface area contributed by atoms with Crippen molar-refractivity contribution < 1.29 is 14.0 Å². The highest BCUT2D eigenvalue weighted by molar-refractivity contribution is 5.62. The van der Waals surface area contributed by atoms with Gasteiger partial charge in [-0.15, -0.1) is 0 Å². The van der Waals surface area contributed by atoms with Gasteiger partial charge in [0.1, 0.15) is 17.1 Å². The average molecular weight is 193 g/mol. The Morgan fingerprint density at radius 2 is 2.29 bits per heavy atom. The normalized spacial score (nSPS) is 10.4. The summed E-state index contributed by atoms with van der Waals surface area (Å²) < 4.78 is 9.56. The Morgan fingerprint density at radius 3 is 2.86 bits per heavy atom. The lowest BCUT2D eigenvalue weighted by molar-refractivity contribution is 0.410. The van der Waals surface area contributed by atoms with E-state index in [-0.39, 0.29) is 17.1 Å². The minimum Gasteiger partial charge on any atom is -0.507 e. The summed E-state index contributed by atoms with van der Waals surface area (Å²) in [5.41, 5.74) is -0.646. The first-order chi connectivity index (χ1) is 6.68. The van der Waals surface area contributed by atoms with Gasteiger partial charge in [-0.2, -0.15) is 0 Å². The van der Waals surface area contributed by atoms with Gasteiger partial charge in [0.15, 0.2) is 5.76 Å². The molecule has 0 aliphatic rings. The SMILES string of the molecule is Cc1cc(O)c(-c2ccno2)c(=O)o1. The summed E-state index contributed by atoms with van der Waals surface area (Å²) in [6.45, 7) is 1.57. The lowest BCUT2D eigenvalue weighted by Gasteiger charge is -1.98. The van der Waals surface area contributed by atoms with Gasteiger partial charge in [-0.25, -0.2) is 4.79 Å². The van der Waals surface area contributed by atoms with Crippen LogP contribution in [0.3, 0.4) is 0 Å². The average Bonchev–Trinajstić information content (AvgIpc) is 2.54. The summed E-state index contributed by atoms with van der Waals surface area (Å²) >= 11 is 0. The molecule has 2 heterocycles. The summed E-state index contributed by atoms with van der Waals surface area (Å²) in [6, 6.07) is 2.82. The Bertz CT molecular complexity index is 498. The van der Waals surface area contributed by atoms with Crippen molar-refractivity contribution in [3.63, 3.8) is 0 Å². The molecule has 0 spiro atoms. The summed E-state index contributed by atoms with van der Waals surface area (Å²) in [4.78, 5) is 11.3. The van der Waals surface area contributed by atoms with Gasteiger partial charge in [0, 0.05) is 12.1 Å². The van der Waals surface area contributed by atoms with Crippen LogP contribution in [-0.4, -0.2) is 10.3 Å². The van der Waals surface area contributed by atoms with Crippen molar-refractivity contribution in [2.24, 2.45) is 0 Å². The van der Waals surface area contributed by atoms with Crippen LogP contribution in [0, 0.1) is 6.92 Å². The Kier molecular flexibility index (Phi) is 1.85. The first kappa shape index (κ1) is 8.55. The molecule has 0 saturated carbocycles. The molecule has 2 rings (SSSR count). The number of aromatic nitrogens is 1. The van der Waals surface area contributed by atoms with Crippen molar-refractivity contribution in [1.82, 2.24) is 5.16 Å². The topological polar surface area (TPSA) is 76.5 Å². The molecule has 0 unspecified atom stereocenters. The molecular formula is C9H7NO4. The van der Waals surface area contributed by atoms with Crippen LogP contribution in [0.5, 0.6) is 5.75 Å². The summed E-state index contributed by atoms with van der Waals surface area (Å²) in [7, 11) is 0. The number of aryl methyl sites for hydroxylation is 1. The zero-order chi connectivity index (χ0) is 10.1. The largest absolute Gasteiger partial charge is 0.507 e. The highest BCUT2D eigenvalue weighted by Crippen LogP contribution is 2.25. The Morgan fingerprint density at radius 1 is 1.50 bits per heavy atom. The number of rotatable bonds is 1. The molecule has 2 aromatic heterocycles. The van der Waals surface area contributed by atoms with Crippen LogP contribution in [0.1, 0.15) is 5.76 Å². The summed E-state index contributed by atoms with van der Waals surface area (Å²) in [6.07, 6.45) is 1.38. The van der Waals surface area contributed by atoms with E-state index in [0.717, 1.165) is 0 Å². The van der Waals surface area contributed by atoms with Crippen molar-refractivity contribution >= 4 is 0 Å². The Balaban J connectivity index is 2.71. The van der Waals surface area contributed by atoms with E-state index < -0.39 is 5.63 Å². The Labute approximate surface area is 78.6 Å². The van der Waals surface area contributed by atoms with Crippen LogP contribution in [0.15, 0.2) is 32.1 Å². The van der Waals surface area contributed by atoms with Crippen molar-refractivity contribution in [3.8, 4) is 17.1 Å². The third-order valence-electron chi connectivity index (χ3n) is 1.74. The summed E-state index contributed by atoms with van der Waals surface area (Å²) in [5, 5.41) is 12.9. The van der Waals surface area contributed by atoms with E-state index in [1.165, 1.54) is 18.3 Å². The highest BCUT2D eigenvalue weighted by Gasteiger charge is 2.14. The van der Waals surface area contributed by atoms with Crippen LogP contribution >= 0.6 is 0 Å². The zero-order valence-corrected chi connectivity index (χ0v) is 7.35. The first-order valence-electron chi connectivity index (χ1n) is 3.93. The predicted octanol–water partition coefficient (Wildman–Crippen LogP) is 1.31. The molecule has 0 amide bonds. The van der Waals surface area contributed by atoms with E-state index in [0.29, 0.717) is 5.76 Å². The molecule has 0 aromatic carbocycles. The van der Waals surface area contributed by atoms with Crippen molar-refractivity contribution in [2.45, 2.75) is 6.92 Å². The molecule has 1 N–H and O–H groups in total. The maximum absolute atomic E-state index is 11.3. The molecule has 0 aliphatic heterocycles. The second kappa shape index (κ2) is 3.02. The molecule has 14 heavy (non-hydrogen) atoms. The smallest absolute Gasteiger partial charge is 0.350 e. The molecule has 5 heteroatoms. The van der Waals surface area contributed by atoms with Crippen LogP contribution in [0.25, 0.3) is 11.3 Å². The number of nitrogens with zero attached hydrogens (tertiary/aromatic N) is 1. The monoisotopic (exact) mass is 193 g/mol. The minimum atomic E-state index is -0.640. The lowest BCUT2D eigenvalue weighted by atomic mass is 10.2.